The predicted octanol–water partition coefficient (Wildman–Crippen LogP) is 3.05. The minimum Gasteiger partial charge on any atom is -0.377 e. The quantitative estimate of drug-likeness (QED) is 0.474. The number of aromatic nitrogens is 4. The van der Waals surface area contributed by atoms with Gasteiger partial charge in [0.1, 0.15) is 23.8 Å². The topological polar surface area (TPSA) is 75.9 Å². The highest BCUT2D eigenvalue weighted by atomic mass is 19.1. The van der Waals surface area contributed by atoms with E-state index in [-0.39, 0.29) is 19.2 Å². The summed E-state index contributed by atoms with van der Waals surface area (Å²) < 4.78 is 35.5. The third-order valence-electron chi connectivity index (χ3n) is 5.92. The van der Waals surface area contributed by atoms with Crippen LogP contribution in [0.15, 0.2) is 42.5 Å². The highest BCUT2D eigenvalue weighted by Crippen LogP contribution is 2.27. The van der Waals surface area contributed by atoms with E-state index in [1.54, 1.807) is 7.11 Å². The van der Waals surface area contributed by atoms with Crippen LogP contribution >= 0.6 is 0 Å². The zero-order valence-corrected chi connectivity index (χ0v) is 18.2. The molecular weight excluding hydrogens is 430 g/mol. The van der Waals surface area contributed by atoms with Crippen molar-refractivity contribution in [2.75, 3.05) is 31.6 Å². The monoisotopic (exact) mass is 452 g/mol. The fourth-order valence-electron chi connectivity index (χ4n) is 4.34. The molecule has 1 saturated heterocycles. The molecule has 5 rings (SSSR count). The standard InChI is InChI=1S/C23H22F2N6O2/c1-14-12-29(10-11-30(14)22(32)20-16(24)7-5-8-17(20)25)23-26-18-9-4-3-6-15(18)21-28-27-19(13-33-2)31(21)23/h3-9,14H,10-13H2,1-2H3. The molecule has 0 radical (unpaired) electrons. The van der Waals surface area contributed by atoms with Crippen molar-refractivity contribution in [3.63, 3.8) is 0 Å². The van der Waals surface area contributed by atoms with Crippen LogP contribution in [0.3, 0.4) is 0 Å². The lowest BCUT2D eigenvalue weighted by Crippen LogP contribution is -2.55. The Morgan fingerprint density at radius 1 is 1.09 bits per heavy atom. The first-order chi connectivity index (χ1) is 16.0. The summed E-state index contributed by atoms with van der Waals surface area (Å²) in [6.07, 6.45) is 0. The predicted molar refractivity (Wildman–Crippen MR) is 118 cm³/mol. The molecule has 0 bridgehead atoms. The van der Waals surface area contributed by atoms with Gasteiger partial charge in [0.25, 0.3) is 5.91 Å². The summed E-state index contributed by atoms with van der Waals surface area (Å²) in [6, 6.07) is 10.8. The van der Waals surface area contributed by atoms with E-state index in [4.69, 9.17) is 9.72 Å². The Morgan fingerprint density at radius 3 is 2.58 bits per heavy atom. The van der Waals surface area contributed by atoms with Crippen molar-refractivity contribution in [1.82, 2.24) is 24.5 Å². The van der Waals surface area contributed by atoms with Crippen LogP contribution in [-0.2, 0) is 11.3 Å². The number of piperazine rings is 1. The third kappa shape index (κ3) is 3.56. The number of hydrogen-bond donors (Lipinski definition) is 0. The second-order valence-electron chi connectivity index (χ2n) is 8.03. The SMILES string of the molecule is COCc1nnc2c3ccccc3nc(N3CCN(C(=O)c4c(F)cccc4F)C(C)C3)n12. The van der Waals surface area contributed by atoms with E-state index in [1.807, 2.05) is 40.5 Å². The molecule has 170 valence electrons. The van der Waals surface area contributed by atoms with Crippen LogP contribution in [0.2, 0.25) is 0 Å². The highest BCUT2D eigenvalue weighted by molar-refractivity contribution is 5.95. The van der Waals surface area contributed by atoms with E-state index in [0.717, 1.165) is 23.0 Å². The molecule has 0 saturated carbocycles. The number of methoxy groups -OCH3 is 1. The molecule has 8 nitrogen and oxygen atoms in total. The number of carbonyl (C=O) groups is 1. The lowest BCUT2D eigenvalue weighted by atomic mass is 10.1. The van der Waals surface area contributed by atoms with E-state index in [1.165, 1.54) is 11.0 Å². The van der Waals surface area contributed by atoms with Gasteiger partial charge in [0, 0.05) is 38.2 Å². The first-order valence-corrected chi connectivity index (χ1v) is 10.6. The van der Waals surface area contributed by atoms with Crippen LogP contribution in [0.1, 0.15) is 23.1 Å². The van der Waals surface area contributed by atoms with Crippen molar-refractivity contribution < 1.29 is 18.3 Å². The van der Waals surface area contributed by atoms with E-state index in [0.29, 0.717) is 30.5 Å². The molecule has 0 N–H and O–H groups in total. The molecule has 33 heavy (non-hydrogen) atoms. The molecular formula is C23H22F2N6O2. The van der Waals surface area contributed by atoms with Gasteiger partial charge in [-0.05, 0) is 31.2 Å². The van der Waals surface area contributed by atoms with Crippen LogP contribution in [0.25, 0.3) is 16.6 Å². The molecule has 10 heteroatoms. The van der Waals surface area contributed by atoms with Gasteiger partial charge in [-0.3, -0.25) is 4.79 Å². The molecule has 2 aromatic heterocycles. The van der Waals surface area contributed by atoms with Crippen molar-refractivity contribution in [1.29, 1.82) is 0 Å². The van der Waals surface area contributed by atoms with Gasteiger partial charge in [-0.1, -0.05) is 18.2 Å². The van der Waals surface area contributed by atoms with Crippen molar-refractivity contribution in [3.05, 3.63) is 65.5 Å². The first kappa shape index (κ1) is 21.2. The van der Waals surface area contributed by atoms with Gasteiger partial charge < -0.3 is 14.5 Å². The van der Waals surface area contributed by atoms with E-state index < -0.39 is 23.1 Å². The number of anilines is 1. The van der Waals surface area contributed by atoms with E-state index in [9.17, 15) is 13.6 Å². The molecule has 0 aliphatic carbocycles. The Morgan fingerprint density at radius 2 is 1.85 bits per heavy atom. The number of halogens is 2. The average molecular weight is 452 g/mol. The van der Waals surface area contributed by atoms with Gasteiger partial charge in [-0.2, -0.15) is 0 Å². The summed E-state index contributed by atoms with van der Waals surface area (Å²) >= 11 is 0. The average Bonchev–Trinajstić information content (AvgIpc) is 3.22. The smallest absolute Gasteiger partial charge is 0.260 e. The maximum absolute atomic E-state index is 14.2. The molecule has 1 atom stereocenters. The maximum atomic E-state index is 14.2. The van der Waals surface area contributed by atoms with Crippen LogP contribution in [-0.4, -0.2) is 63.2 Å². The summed E-state index contributed by atoms with van der Waals surface area (Å²) in [5.74, 6) is -1.13. The van der Waals surface area contributed by atoms with Crippen LogP contribution < -0.4 is 4.90 Å². The lowest BCUT2D eigenvalue weighted by molar-refractivity contribution is 0.0663. The molecule has 4 aromatic rings. The van der Waals surface area contributed by atoms with Crippen LogP contribution in [0.5, 0.6) is 0 Å². The van der Waals surface area contributed by atoms with Gasteiger partial charge in [-0.15, -0.1) is 10.2 Å². The van der Waals surface area contributed by atoms with E-state index in [2.05, 4.69) is 10.2 Å². The molecule has 1 fully saturated rings. The van der Waals surface area contributed by atoms with Crippen molar-refractivity contribution in [2.24, 2.45) is 0 Å². The number of amides is 1. The Kier molecular flexibility index (Phi) is 5.37. The molecule has 1 aliphatic heterocycles. The number of para-hydroxylation sites is 1. The summed E-state index contributed by atoms with van der Waals surface area (Å²) in [7, 11) is 1.59. The lowest BCUT2D eigenvalue weighted by Gasteiger charge is -2.40. The van der Waals surface area contributed by atoms with Crippen molar-refractivity contribution in [3.8, 4) is 0 Å². The highest BCUT2D eigenvalue weighted by Gasteiger charge is 2.33. The molecule has 2 aromatic carbocycles. The second-order valence-corrected chi connectivity index (χ2v) is 8.03. The number of rotatable bonds is 4. The second kappa shape index (κ2) is 8.36. The van der Waals surface area contributed by atoms with Gasteiger partial charge in [0.2, 0.25) is 5.95 Å². The summed E-state index contributed by atoms with van der Waals surface area (Å²) in [4.78, 5) is 21.3. The first-order valence-electron chi connectivity index (χ1n) is 10.6. The largest absolute Gasteiger partial charge is 0.377 e. The van der Waals surface area contributed by atoms with Crippen LogP contribution in [0.4, 0.5) is 14.7 Å². The summed E-state index contributed by atoms with van der Waals surface area (Å²) in [6.45, 7) is 3.24. The summed E-state index contributed by atoms with van der Waals surface area (Å²) in [5, 5.41) is 9.51. The van der Waals surface area contributed by atoms with E-state index >= 15 is 0 Å². The Balaban J connectivity index is 1.51. The molecule has 3 heterocycles. The number of nitrogens with zero attached hydrogens (tertiary/aromatic N) is 6. The minimum atomic E-state index is -0.860. The molecule has 1 unspecified atom stereocenters. The maximum Gasteiger partial charge on any atom is 0.260 e. The fraction of sp³-hybridized carbons (Fsp3) is 0.304. The number of ether oxygens (including phenoxy) is 1. The zero-order chi connectivity index (χ0) is 23.1. The number of hydrogen-bond acceptors (Lipinski definition) is 6. The Labute approximate surface area is 188 Å². The number of carbonyl (C=O) groups excluding carboxylic acids is 1. The number of fused-ring (bicyclic) bond motifs is 3. The van der Waals surface area contributed by atoms with Gasteiger partial charge in [0.15, 0.2) is 11.5 Å². The Bertz CT molecular complexity index is 1340. The van der Waals surface area contributed by atoms with Gasteiger partial charge in [0.05, 0.1) is 5.52 Å². The van der Waals surface area contributed by atoms with Crippen LogP contribution in [0, 0.1) is 11.6 Å². The normalized spacial score (nSPS) is 16.7. The fourth-order valence-corrected chi connectivity index (χ4v) is 4.34. The molecule has 0 spiro atoms. The van der Waals surface area contributed by atoms with Crippen molar-refractivity contribution in [2.45, 2.75) is 19.6 Å². The number of benzene rings is 2. The van der Waals surface area contributed by atoms with Gasteiger partial charge >= 0.3 is 0 Å². The molecule has 1 aliphatic rings. The third-order valence-corrected chi connectivity index (χ3v) is 5.92. The Hall–Kier alpha value is -3.66. The minimum absolute atomic E-state index is 0.259. The summed E-state index contributed by atoms with van der Waals surface area (Å²) in [5.41, 5.74) is 0.920. The zero-order valence-electron chi connectivity index (χ0n) is 18.2. The van der Waals surface area contributed by atoms with Crippen molar-refractivity contribution >= 4 is 28.4 Å². The molecule has 1 amide bonds. The van der Waals surface area contributed by atoms with Gasteiger partial charge in [-0.25, -0.2) is 18.2 Å².